The monoisotopic (exact) mass is 349 g/mol. The number of aromatic nitrogens is 3. The molecule has 3 heteroatoms. The normalized spacial score (nSPS) is 12.7. The molecule has 0 N–H and O–H groups in total. The van der Waals surface area contributed by atoms with Crippen LogP contribution in [0.25, 0.3) is 0 Å². The first kappa shape index (κ1) is 22.2. The second kappa shape index (κ2) is 11.0. The molecule has 1 aromatic rings. The highest BCUT2D eigenvalue weighted by Gasteiger charge is 2.13. The molecule has 0 aromatic carbocycles. The summed E-state index contributed by atoms with van der Waals surface area (Å²) >= 11 is 0. The Morgan fingerprint density at radius 3 is 1.76 bits per heavy atom. The molecule has 0 saturated heterocycles. The second-order valence-corrected chi connectivity index (χ2v) is 10.2. The van der Waals surface area contributed by atoms with E-state index in [4.69, 9.17) is 0 Å². The quantitative estimate of drug-likeness (QED) is 0.388. The first-order valence-electron chi connectivity index (χ1n) is 10.5. The van der Waals surface area contributed by atoms with Gasteiger partial charge < -0.3 is 0 Å². The fourth-order valence-electron chi connectivity index (χ4n) is 3.24. The summed E-state index contributed by atoms with van der Waals surface area (Å²) in [6.07, 6.45) is 16.9. The van der Waals surface area contributed by atoms with Gasteiger partial charge >= 0.3 is 0 Å². The Labute approximate surface area is 157 Å². The highest BCUT2D eigenvalue weighted by atomic mass is 15.4. The lowest BCUT2D eigenvalue weighted by Gasteiger charge is -2.17. The number of rotatable bonds is 12. The van der Waals surface area contributed by atoms with Crippen molar-refractivity contribution < 1.29 is 0 Å². The molecule has 0 aliphatic rings. The predicted molar refractivity (Wildman–Crippen MR) is 109 cm³/mol. The smallest absolute Gasteiger partial charge is 0.0832 e. The van der Waals surface area contributed by atoms with Gasteiger partial charge in [-0.05, 0) is 30.1 Å². The molecule has 0 radical (unpaired) electrons. The van der Waals surface area contributed by atoms with Crippen LogP contribution in [0.1, 0.15) is 111 Å². The van der Waals surface area contributed by atoms with Crippen LogP contribution in [0.15, 0.2) is 6.20 Å². The maximum absolute atomic E-state index is 4.29. The van der Waals surface area contributed by atoms with Crippen molar-refractivity contribution >= 4 is 0 Å². The van der Waals surface area contributed by atoms with Crippen molar-refractivity contribution in [3.63, 3.8) is 0 Å². The van der Waals surface area contributed by atoms with Crippen molar-refractivity contribution in [2.75, 3.05) is 0 Å². The fraction of sp³-hybridized carbons (Fsp3) is 0.909. The molecule has 0 fully saturated rings. The van der Waals surface area contributed by atoms with Gasteiger partial charge in [0.25, 0.3) is 0 Å². The lowest BCUT2D eigenvalue weighted by molar-refractivity contribution is 0.356. The van der Waals surface area contributed by atoms with Crippen LogP contribution in [0.5, 0.6) is 0 Å². The Morgan fingerprint density at radius 1 is 0.720 bits per heavy atom. The van der Waals surface area contributed by atoms with E-state index in [0.717, 1.165) is 18.7 Å². The van der Waals surface area contributed by atoms with E-state index in [9.17, 15) is 0 Å². The molecular formula is C22H43N3. The molecule has 0 aliphatic carbocycles. The fourth-order valence-corrected chi connectivity index (χ4v) is 3.24. The summed E-state index contributed by atoms with van der Waals surface area (Å²) in [5, 5.41) is 8.55. The van der Waals surface area contributed by atoms with Crippen LogP contribution >= 0.6 is 0 Å². The lowest BCUT2D eigenvalue weighted by atomic mass is 9.89. The zero-order valence-corrected chi connectivity index (χ0v) is 17.9. The molecule has 0 bridgehead atoms. The molecule has 1 aromatic heterocycles. The minimum Gasteiger partial charge on any atom is -0.252 e. The van der Waals surface area contributed by atoms with Crippen LogP contribution in [-0.4, -0.2) is 15.0 Å². The molecule has 25 heavy (non-hydrogen) atoms. The minimum atomic E-state index is 0.285. The van der Waals surface area contributed by atoms with Gasteiger partial charge in [-0.25, -0.2) is 0 Å². The third-order valence-corrected chi connectivity index (χ3v) is 4.61. The maximum atomic E-state index is 4.29. The van der Waals surface area contributed by atoms with Crippen molar-refractivity contribution in [3.05, 3.63) is 11.9 Å². The summed E-state index contributed by atoms with van der Waals surface area (Å²) in [6.45, 7) is 14.8. The number of nitrogens with zero attached hydrogens (tertiary/aromatic N) is 3. The van der Waals surface area contributed by atoms with Gasteiger partial charge in [0.1, 0.15) is 0 Å². The SMILES string of the molecule is CC(C)(C)CCCCCCCCCCCn1cc(CC(C)(C)C)nn1. The number of hydrogen-bond acceptors (Lipinski definition) is 2. The zero-order chi connectivity index (χ0) is 18.8. The van der Waals surface area contributed by atoms with Gasteiger partial charge in [-0.15, -0.1) is 5.10 Å². The Bertz CT molecular complexity index is 449. The second-order valence-electron chi connectivity index (χ2n) is 10.2. The topological polar surface area (TPSA) is 30.7 Å². The van der Waals surface area contributed by atoms with Crippen LogP contribution in [0.2, 0.25) is 0 Å². The van der Waals surface area contributed by atoms with E-state index in [-0.39, 0.29) is 5.41 Å². The van der Waals surface area contributed by atoms with E-state index in [1.807, 2.05) is 4.68 Å². The largest absolute Gasteiger partial charge is 0.252 e. The van der Waals surface area contributed by atoms with E-state index in [0.29, 0.717) is 5.41 Å². The molecule has 1 rings (SSSR count). The first-order chi connectivity index (χ1) is 11.7. The Hall–Kier alpha value is -0.860. The van der Waals surface area contributed by atoms with Gasteiger partial charge in [0.2, 0.25) is 0 Å². The Balaban J connectivity index is 1.94. The van der Waals surface area contributed by atoms with Crippen molar-refractivity contribution in [2.24, 2.45) is 10.8 Å². The van der Waals surface area contributed by atoms with Crippen LogP contribution in [-0.2, 0) is 13.0 Å². The Kier molecular flexibility index (Phi) is 9.74. The molecule has 146 valence electrons. The molecule has 1 heterocycles. The molecule has 0 atom stereocenters. The highest BCUT2D eigenvalue weighted by Crippen LogP contribution is 2.22. The van der Waals surface area contributed by atoms with Crippen LogP contribution in [0.3, 0.4) is 0 Å². The van der Waals surface area contributed by atoms with Crippen LogP contribution in [0, 0.1) is 10.8 Å². The first-order valence-corrected chi connectivity index (χ1v) is 10.5. The summed E-state index contributed by atoms with van der Waals surface area (Å²) in [7, 11) is 0. The van der Waals surface area contributed by atoms with Gasteiger partial charge in [-0.1, -0.05) is 98.1 Å². The number of aryl methyl sites for hydroxylation is 1. The predicted octanol–water partition coefficient (Wildman–Crippen LogP) is 6.81. The van der Waals surface area contributed by atoms with E-state index in [1.54, 1.807) is 0 Å². The molecule has 0 amide bonds. The van der Waals surface area contributed by atoms with E-state index in [1.165, 1.54) is 64.2 Å². The summed E-state index contributed by atoms with van der Waals surface area (Å²) < 4.78 is 2.02. The molecule has 0 saturated carbocycles. The average molecular weight is 350 g/mol. The average Bonchev–Trinajstić information content (AvgIpc) is 2.88. The molecular weight excluding hydrogens is 306 g/mol. The zero-order valence-electron chi connectivity index (χ0n) is 17.9. The summed E-state index contributed by atoms with van der Waals surface area (Å²) in [6, 6.07) is 0. The summed E-state index contributed by atoms with van der Waals surface area (Å²) in [5.74, 6) is 0. The molecule has 3 nitrogen and oxygen atoms in total. The van der Waals surface area contributed by atoms with Crippen molar-refractivity contribution in [3.8, 4) is 0 Å². The third-order valence-electron chi connectivity index (χ3n) is 4.61. The highest BCUT2D eigenvalue weighted by molar-refractivity contribution is 4.95. The molecule has 0 aliphatic heterocycles. The summed E-state index contributed by atoms with van der Waals surface area (Å²) in [4.78, 5) is 0. The maximum Gasteiger partial charge on any atom is 0.0832 e. The van der Waals surface area contributed by atoms with E-state index >= 15 is 0 Å². The van der Waals surface area contributed by atoms with Gasteiger partial charge in [-0.2, -0.15) is 0 Å². The summed E-state index contributed by atoms with van der Waals surface area (Å²) in [5.41, 5.74) is 1.92. The third kappa shape index (κ3) is 13.1. The van der Waals surface area contributed by atoms with Crippen LogP contribution in [0.4, 0.5) is 0 Å². The van der Waals surface area contributed by atoms with Gasteiger partial charge in [-0.3, -0.25) is 4.68 Å². The molecule has 0 unspecified atom stereocenters. The molecule has 0 spiro atoms. The number of unbranched alkanes of at least 4 members (excludes halogenated alkanes) is 8. The number of hydrogen-bond donors (Lipinski definition) is 0. The Morgan fingerprint density at radius 2 is 1.24 bits per heavy atom. The van der Waals surface area contributed by atoms with Crippen molar-refractivity contribution in [1.82, 2.24) is 15.0 Å². The van der Waals surface area contributed by atoms with Crippen molar-refractivity contribution in [1.29, 1.82) is 0 Å². The van der Waals surface area contributed by atoms with Crippen molar-refractivity contribution in [2.45, 2.75) is 119 Å². The van der Waals surface area contributed by atoms with Gasteiger partial charge in [0, 0.05) is 12.7 Å². The van der Waals surface area contributed by atoms with Crippen LogP contribution < -0.4 is 0 Å². The van der Waals surface area contributed by atoms with Gasteiger partial charge in [0.15, 0.2) is 0 Å². The van der Waals surface area contributed by atoms with E-state index in [2.05, 4.69) is 58.1 Å². The van der Waals surface area contributed by atoms with Gasteiger partial charge in [0.05, 0.1) is 5.69 Å². The lowest BCUT2D eigenvalue weighted by Crippen LogP contribution is -2.09. The standard InChI is InChI=1S/C22H43N3/c1-21(2,3)16-14-12-10-8-7-9-11-13-15-17-25-19-20(23-24-25)18-22(4,5)6/h19H,7-18H2,1-6H3. The minimum absolute atomic E-state index is 0.285. The van der Waals surface area contributed by atoms with E-state index < -0.39 is 0 Å².